The van der Waals surface area contributed by atoms with Crippen molar-refractivity contribution in [2.75, 3.05) is 0 Å². The van der Waals surface area contributed by atoms with E-state index in [0.29, 0.717) is 0 Å². The second-order valence-electron chi connectivity index (χ2n) is 4.91. The highest BCUT2D eigenvalue weighted by Crippen LogP contribution is 2.44. The Bertz CT molecular complexity index is 573. The molecule has 3 aromatic carbocycles. The highest BCUT2D eigenvalue weighted by atomic mass is 79.9. The second kappa shape index (κ2) is 8.59. The molecule has 0 heterocycles. The normalized spacial score (nSPS) is 10.2. The molecule has 0 aliphatic rings. The molecule has 0 aliphatic heterocycles. The molecular formula is C19H21BrP2. The standard InChI is InChI=1S/C19H17P.BrH.H3P/c20-19(16-10-4-1-5-11-16,17-12-6-2-7-13-17)18-14-8-3-9-15-18;;/h1-15H,20H2;1H;1H3. The second-order valence-corrected chi connectivity index (χ2v) is 5.77. The molecule has 0 saturated carbocycles. The van der Waals surface area contributed by atoms with E-state index in [2.05, 4.69) is 100 Å². The van der Waals surface area contributed by atoms with Gasteiger partial charge in [-0.05, 0) is 16.7 Å². The maximum absolute atomic E-state index is 3.06. The fourth-order valence-corrected chi connectivity index (χ4v) is 3.18. The minimum atomic E-state index is -0.205. The predicted molar refractivity (Wildman–Crippen MR) is 110 cm³/mol. The third-order valence-corrected chi connectivity index (χ3v) is 4.69. The van der Waals surface area contributed by atoms with Crippen LogP contribution in [0.4, 0.5) is 0 Å². The molecule has 114 valence electrons. The summed E-state index contributed by atoms with van der Waals surface area (Å²) in [5, 5.41) is -0.205. The van der Waals surface area contributed by atoms with E-state index in [4.69, 9.17) is 0 Å². The summed E-state index contributed by atoms with van der Waals surface area (Å²) >= 11 is 0. The lowest BCUT2D eigenvalue weighted by molar-refractivity contribution is 0.897. The first kappa shape index (κ1) is 19.0. The fraction of sp³-hybridized carbons (Fsp3) is 0.0526. The quantitative estimate of drug-likeness (QED) is 0.409. The van der Waals surface area contributed by atoms with Gasteiger partial charge >= 0.3 is 0 Å². The Morgan fingerprint density at radius 3 is 0.955 bits per heavy atom. The van der Waals surface area contributed by atoms with Crippen LogP contribution in [0.1, 0.15) is 16.7 Å². The van der Waals surface area contributed by atoms with Gasteiger partial charge in [0.1, 0.15) is 0 Å². The number of halogens is 1. The van der Waals surface area contributed by atoms with E-state index in [1.807, 2.05) is 0 Å². The third-order valence-electron chi connectivity index (χ3n) is 3.69. The highest BCUT2D eigenvalue weighted by Gasteiger charge is 2.30. The minimum Gasteiger partial charge on any atom is -0.153 e. The Kier molecular flexibility index (Phi) is 7.43. The third kappa shape index (κ3) is 3.66. The summed E-state index contributed by atoms with van der Waals surface area (Å²) in [7, 11) is 3.06. The zero-order chi connectivity index (χ0) is 13.8. The van der Waals surface area contributed by atoms with Crippen molar-refractivity contribution in [1.29, 1.82) is 0 Å². The molecule has 22 heavy (non-hydrogen) atoms. The summed E-state index contributed by atoms with van der Waals surface area (Å²) in [6, 6.07) is 31.9. The van der Waals surface area contributed by atoms with Crippen LogP contribution < -0.4 is 0 Å². The van der Waals surface area contributed by atoms with Crippen LogP contribution in [0, 0.1) is 0 Å². The topological polar surface area (TPSA) is 0 Å². The maximum Gasteiger partial charge on any atom is 0.0591 e. The van der Waals surface area contributed by atoms with Crippen molar-refractivity contribution in [3.63, 3.8) is 0 Å². The smallest absolute Gasteiger partial charge is 0.0591 e. The lowest BCUT2D eigenvalue weighted by Gasteiger charge is -2.31. The zero-order valence-electron chi connectivity index (χ0n) is 12.4. The molecule has 2 atom stereocenters. The van der Waals surface area contributed by atoms with Crippen LogP contribution in [-0.4, -0.2) is 0 Å². The summed E-state index contributed by atoms with van der Waals surface area (Å²) in [4.78, 5) is 0. The average molecular weight is 391 g/mol. The van der Waals surface area contributed by atoms with Gasteiger partial charge in [-0.1, -0.05) is 91.0 Å². The van der Waals surface area contributed by atoms with Crippen molar-refractivity contribution in [3.8, 4) is 0 Å². The summed E-state index contributed by atoms with van der Waals surface area (Å²) in [5.41, 5.74) is 3.84. The Hall–Kier alpha value is -1.00. The van der Waals surface area contributed by atoms with Crippen LogP contribution in [-0.2, 0) is 5.16 Å². The molecule has 0 aliphatic carbocycles. The van der Waals surface area contributed by atoms with Gasteiger partial charge in [-0.3, -0.25) is 0 Å². The molecule has 0 aromatic heterocycles. The summed E-state index contributed by atoms with van der Waals surface area (Å²) in [6.07, 6.45) is 0. The minimum absolute atomic E-state index is 0. The first-order valence-corrected chi connectivity index (χ1v) is 7.35. The average Bonchev–Trinajstić information content (AvgIpc) is 2.56. The summed E-state index contributed by atoms with van der Waals surface area (Å²) in [5.74, 6) is 0. The van der Waals surface area contributed by atoms with Gasteiger partial charge < -0.3 is 0 Å². The van der Waals surface area contributed by atoms with Crippen LogP contribution in [0.5, 0.6) is 0 Å². The summed E-state index contributed by atoms with van der Waals surface area (Å²) < 4.78 is 0. The van der Waals surface area contributed by atoms with Crippen molar-refractivity contribution < 1.29 is 0 Å². The first-order valence-electron chi connectivity index (χ1n) is 6.77. The predicted octanol–water partition coefficient (Wildman–Crippen LogP) is 5.49. The van der Waals surface area contributed by atoms with Crippen LogP contribution >= 0.6 is 36.1 Å². The first-order chi connectivity index (χ1) is 9.82. The molecule has 0 fully saturated rings. The molecule has 3 heteroatoms. The van der Waals surface area contributed by atoms with E-state index in [9.17, 15) is 0 Å². The van der Waals surface area contributed by atoms with Crippen molar-refractivity contribution in [2.45, 2.75) is 5.16 Å². The maximum atomic E-state index is 3.06. The molecule has 0 amide bonds. The van der Waals surface area contributed by atoms with Gasteiger partial charge in [-0.2, -0.15) is 9.90 Å². The van der Waals surface area contributed by atoms with Crippen molar-refractivity contribution in [3.05, 3.63) is 108 Å². The Balaban J connectivity index is 0.00000121. The van der Waals surface area contributed by atoms with Gasteiger partial charge in [-0.15, -0.1) is 26.2 Å². The SMILES string of the molecule is Br.P.PC(c1ccccc1)(c1ccccc1)c1ccccc1. The van der Waals surface area contributed by atoms with Gasteiger partial charge in [0.05, 0.1) is 5.16 Å². The van der Waals surface area contributed by atoms with Crippen LogP contribution in [0.3, 0.4) is 0 Å². The van der Waals surface area contributed by atoms with Crippen molar-refractivity contribution in [1.82, 2.24) is 0 Å². The van der Waals surface area contributed by atoms with Gasteiger partial charge in [0.2, 0.25) is 0 Å². The zero-order valence-corrected chi connectivity index (χ0v) is 16.6. The Labute approximate surface area is 149 Å². The fourth-order valence-electron chi connectivity index (χ4n) is 2.60. The highest BCUT2D eigenvalue weighted by molar-refractivity contribution is 8.93. The van der Waals surface area contributed by atoms with Gasteiger partial charge in [-0.25, -0.2) is 0 Å². The lowest BCUT2D eigenvalue weighted by Crippen LogP contribution is -2.21. The van der Waals surface area contributed by atoms with E-state index < -0.39 is 0 Å². The van der Waals surface area contributed by atoms with Crippen LogP contribution in [0.15, 0.2) is 91.0 Å². The van der Waals surface area contributed by atoms with Crippen molar-refractivity contribution in [2.24, 2.45) is 0 Å². The van der Waals surface area contributed by atoms with Crippen LogP contribution in [0.25, 0.3) is 0 Å². The van der Waals surface area contributed by atoms with Gasteiger partial charge in [0.25, 0.3) is 0 Å². The molecule has 0 bridgehead atoms. The van der Waals surface area contributed by atoms with Gasteiger partial charge in [0, 0.05) is 0 Å². The van der Waals surface area contributed by atoms with Crippen molar-refractivity contribution >= 4 is 36.1 Å². The molecule has 0 radical (unpaired) electrons. The molecule has 0 N–H and O–H groups in total. The van der Waals surface area contributed by atoms with Gasteiger partial charge in [0.15, 0.2) is 0 Å². The molecule has 2 unspecified atom stereocenters. The van der Waals surface area contributed by atoms with E-state index in [-0.39, 0.29) is 32.0 Å². The summed E-state index contributed by atoms with van der Waals surface area (Å²) in [6.45, 7) is 0. The molecule has 3 aromatic rings. The number of hydrogen-bond donors (Lipinski definition) is 0. The van der Waals surface area contributed by atoms with Crippen LogP contribution in [0.2, 0.25) is 0 Å². The number of benzene rings is 3. The van der Waals surface area contributed by atoms with E-state index in [1.165, 1.54) is 16.7 Å². The van der Waals surface area contributed by atoms with E-state index >= 15 is 0 Å². The molecule has 3 rings (SSSR count). The molecule has 0 saturated heterocycles. The monoisotopic (exact) mass is 390 g/mol. The number of rotatable bonds is 3. The Morgan fingerprint density at radius 1 is 0.500 bits per heavy atom. The number of hydrogen-bond acceptors (Lipinski definition) is 0. The largest absolute Gasteiger partial charge is 0.153 e. The van der Waals surface area contributed by atoms with E-state index in [1.54, 1.807) is 0 Å². The van der Waals surface area contributed by atoms with E-state index in [0.717, 1.165) is 0 Å². The lowest BCUT2D eigenvalue weighted by atomic mass is 9.84. The molecule has 0 nitrogen and oxygen atoms in total. The Morgan fingerprint density at radius 2 is 0.727 bits per heavy atom. The molecule has 0 spiro atoms. The molecular weight excluding hydrogens is 370 g/mol.